The van der Waals surface area contributed by atoms with Crippen LogP contribution in [0.25, 0.3) is 11.5 Å². The number of hydrogen-bond donors (Lipinski definition) is 1. The molecule has 0 saturated carbocycles. The first-order chi connectivity index (χ1) is 11.6. The average Bonchev–Trinajstić information content (AvgIpc) is 3.03. The molecule has 0 saturated heterocycles. The lowest BCUT2D eigenvalue weighted by Gasteiger charge is -2.06. The van der Waals surface area contributed by atoms with Crippen molar-refractivity contribution in [2.24, 2.45) is 0 Å². The zero-order valence-corrected chi connectivity index (χ0v) is 13.1. The van der Waals surface area contributed by atoms with Gasteiger partial charge >= 0.3 is 0 Å². The molecule has 0 bridgehead atoms. The molecule has 1 aromatic heterocycles. The topological polar surface area (TPSA) is 68.0 Å². The van der Waals surface area contributed by atoms with Gasteiger partial charge < -0.3 is 9.84 Å². The summed E-state index contributed by atoms with van der Waals surface area (Å²) in [4.78, 5) is 16.2. The molecule has 2 aromatic carbocycles. The number of nitrogens with one attached hydrogen (secondary N) is 1. The molecule has 0 aliphatic carbocycles. The largest absolute Gasteiger partial charge is 0.352 e. The van der Waals surface area contributed by atoms with Gasteiger partial charge in [0.25, 0.3) is 11.8 Å². The minimum absolute atomic E-state index is 0.209. The number of hydrogen-bond acceptors (Lipinski definition) is 4. The van der Waals surface area contributed by atoms with Gasteiger partial charge in [0.15, 0.2) is 5.82 Å². The summed E-state index contributed by atoms with van der Waals surface area (Å²) in [6.45, 7) is 2.11. The number of aromatic nitrogens is 2. The van der Waals surface area contributed by atoms with Gasteiger partial charge in [-0.15, -0.1) is 0 Å². The highest BCUT2D eigenvalue weighted by Gasteiger charge is 2.09. The van der Waals surface area contributed by atoms with E-state index in [9.17, 15) is 9.18 Å². The van der Waals surface area contributed by atoms with Crippen LogP contribution in [-0.2, 0) is 6.42 Å². The third kappa shape index (κ3) is 3.65. The summed E-state index contributed by atoms with van der Waals surface area (Å²) >= 11 is 0. The molecular formula is C18H16FN3O2. The van der Waals surface area contributed by atoms with E-state index in [4.69, 9.17) is 4.52 Å². The van der Waals surface area contributed by atoms with Crippen LogP contribution in [0.15, 0.2) is 53.1 Å². The molecule has 1 N–H and O–H groups in total. The minimum Gasteiger partial charge on any atom is -0.352 e. The fraction of sp³-hybridized carbons (Fsp3) is 0.167. The molecule has 122 valence electrons. The first-order valence-electron chi connectivity index (χ1n) is 7.56. The van der Waals surface area contributed by atoms with Gasteiger partial charge in [-0.1, -0.05) is 23.4 Å². The van der Waals surface area contributed by atoms with Crippen LogP contribution in [0.5, 0.6) is 0 Å². The SMILES string of the molecule is Cc1noc(-c2ccc(C(=O)NCCc3ccccc3F)cc2)n1. The van der Waals surface area contributed by atoms with Gasteiger partial charge in [-0.25, -0.2) is 4.39 Å². The quantitative estimate of drug-likeness (QED) is 0.782. The first-order valence-corrected chi connectivity index (χ1v) is 7.56. The number of nitrogens with zero attached hydrogens (tertiary/aromatic N) is 2. The first kappa shape index (κ1) is 15.9. The lowest BCUT2D eigenvalue weighted by molar-refractivity contribution is 0.0954. The van der Waals surface area contributed by atoms with Crippen molar-refractivity contribution in [1.29, 1.82) is 0 Å². The van der Waals surface area contributed by atoms with E-state index in [0.717, 1.165) is 5.56 Å². The Morgan fingerprint density at radius 2 is 1.92 bits per heavy atom. The highest BCUT2D eigenvalue weighted by atomic mass is 19.1. The van der Waals surface area contributed by atoms with Crippen LogP contribution < -0.4 is 5.32 Å². The van der Waals surface area contributed by atoms with Crippen molar-refractivity contribution in [3.05, 3.63) is 71.3 Å². The predicted molar refractivity (Wildman–Crippen MR) is 86.9 cm³/mol. The van der Waals surface area contributed by atoms with Gasteiger partial charge in [-0.2, -0.15) is 4.98 Å². The molecule has 0 fully saturated rings. The van der Waals surface area contributed by atoms with Gasteiger partial charge in [-0.05, 0) is 49.2 Å². The van der Waals surface area contributed by atoms with Gasteiger partial charge in [0.2, 0.25) is 0 Å². The molecule has 1 heterocycles. The van der Waals surface area contributed by atoms with E-state index < -0.39 is 0 Å². The molecule has 0 radical (unpaired) electrons. The molecule has 6 heteroatoms. The number of halogens is 1. The van der Waals surface area contributed by atoms with Crippen molar-refractivity contribution in [2.45, 2.75) is 13.3 Å². The van der Waals surface area contributed by atoms with Crippen LogP contribution in [-0.4, -0.2) is 22.6 Å². The van der Waals surface area contributed by atoms with Crippen LogP contribution in [0.4, 0.5) is 4.39 Å². The Morgan fingerprint density at radius 3 is 2.58 bits per heavy atom. The lowest BCUT2D eigenvalue weighted by atomic mass is 10.1. The summed E-state index contributed by atoms with van der Waals surface area (Å²) in [6, 6.07) is 13.4. The van der Waals surface area contributed by atoms with Crippen LogP contribution in [0.1, 0.15) is 21.7 Å². The highest BCUT2D eigenvalue weighted by molar-refractivity contribution is 5.94. The highest BCUT2D eigenvalue weighted by Crippen LogP contribution is 2.17. The third-order valence-corrected chi connectivity index (χ3v) is 3.56. The van der Waals surface area contributed by atoms with Gasteiger partial charge in [-0.3, -0.25) is 4.79 Å². The summed E-state index contributed by atoms with van der Waals surface area (Å²) in [5.74, 6) is 0.504. The summed E-state index contributed by atoms with van der Waals surface area (Å²) in [7, 11) is 0. The third-order valence-electron chi connectivity index (χ3n) is 3.56. The van der Waals surface area contributed by atoms with Crippen molar-refractivity contribution in [2.75, 3.05) is 6.54 Å². The Morgan fingerprint density at radius 1 is 1.17 bits per heavy atom. The molecule has 3 aromatic rings. The van der Waals surface area contributed by atoms with E-state index in [-0.39, 0.29) is 11.7 Å². The number of carbonyl (C=O) groups excluding carboxylic acids is 1. The van der Waals surface area contributed by atoms with Crippen molar-refractivity contribution in [3.8, 4) is 11.5 Å². The van der Waals surface area contributed by atoms with E-state index in [1.807, 2.05) is 0 Å². The smallest absolute Gasteiger partial charge is 0.257 e. The van der Waals surface area contributed by atoms with Crippen LogP contribution in [0.3, 0.4) is 0 Å². The average molecular weight is 325 g/mol. The Kier molecular flexibility index (Phi) is 4.65. The molecule has 0 spiro atoms. The molecule has 24 heavy (non-hydrogen) atoms. The molecule has 0 aliphatic rings. The zero-order chi connectivity index (χ0) is 16.9. The van der Waals surface area contributed by atoms with Crippen LogP contribution in [0.2, 0.25) is 0 Å². The monoisotopic (exact) mass is 325 g/mol. The van der Waals surface area contributed by atoms with E-state index >= 15 is 0 Å². The number of amides is 1. The van der Waals surface area contributed by atoms with Crippen molar-refractivity contribution in [1.82, 2.24) is 15.5 Å². The fourth-order valence-corrected chi connectivity index (χ4v) is 2.29. The number of carbonyl (C=O) groups is 1. The maximum Gasteiger partial charge on any atom is 0.257 e. The van der Waals surface area contributed by atoms with Gasteiger partial charge in [0.1, 0.15) is 5.82 Å². The second-order valence-corrected chi connectivity index (χ2v) is 5.32. The molecule has 5 nitrogen and oxygen atoms in total. The number of rotatable bonds is 5. The molecule has 1 amide bonds. The van der Waals surface area contributed by atoms with E-state index in [2.05, 4.69) is 15.5 Å². The zero-order valence-electron chi connectivity index (χ0n) is 13.1. The molecule has 0 aliphatic heterocycles. The lowest BCUT2D eigenvalue weighted by Crippen LogP contribution is -2.25. The maximum atomic E-state index is 13.5. The second kappa shape index (κ2) is 7.04. The van der Waals surface area contributed by atoms with Crippen molar-refractivity contribution >= 4 is 5.91 Å². The van der Waals surface area contributed by atoms with Crippen molar-refractivity contribution in [3.63, 3.8) is 0 Å². The molecule has 0 atom stereocenters. The van der Waals surface area contributed by atoms with E-state index in [0.29, 0.717) is 35.8 Å². The summed E-state index contributed by atoms with van der Waals surface area (Å²) in [5.41, 5.74) is 1.85. The normalized spacial score (nSPS) is 10.6. The Bertz CT molecular complexity index is 843. The fourth-order valence-electron chi connectivity index (χ4n) is 2.29. The Balaban J connectivity index is 1.58. The van der Waals surface area contributed by atoms with Crippen LogP contribution in [0, 0.1) is 12.7 Å². The predicted octanol–water partition coefficient (Wildman–Crippen LogP) is 3.16. The molecule has 0 unspecified atom stereocenters. The van der Waals surface area contributed by atoms with Crippen molar-refractivity contribution < 1.29 is 13.7 Å². The summed E-state index contributed by atoms with van der Waals surface area (Å²) < 4.78 is 18.6. The second-order valence-electron chi connectivity index (χ2n) is 5.32. The Hall–Kier alpha value is -3.02. The maximum absolute atomic E-state index is 13.5. The van der Waals surface area contributed by atoms with Gasteiger partial charge in [0, 0.05) is 17.7 Å². The van der Waals surface area contributed by atoms with E-state index in [1.165, 1.54) is 6.07 Å². The molecule has 3 rings (SSSR count). The number of aryl methyl sites for hydroxylation is 1. The molecular weight excluding hydrogens is 309 g/mol. The standard InChI is InChI=1S/C18H16FN3O2/c1-12-21-18(24-22-12)15-8-6-14(7-9-15)17(23)20-11-10-13-4-2-3-5-16(13)19/h2-9H,10-11H2,1H3,(H,20,23). The number of benzene rings is 2. The summed E-state index contributed by atoms with van der Waals surface area (Å²) in [6.07, 6.45) is 0.442. The van der Waals surface area contributed by atoms with Crippen LogP contribution >= 0.6 is 0 Å². The van der Waals surface area contributed by atoms with Gasteiger partial charge in [0.05, 0.1) is 0 Å². The minimum atomic E-state index is -0.258. The summed E-state index contributed by atoms with van der Waals surface area (Å²) in [5, 5.41) is 6.51. The van der Waals surface area contributed by atoms with E-state index in [1.54, 1.807) is 49.4 Å². The Labute approximate surface area is 138 Å².